The van der Waals surface area contributed by atoms with Crippen LogP contribution < -0.4 is 10.6 Å². The molecule has 1 heterocycles. The number of hydrogen-bond acceptors (Lipinski definition) is 2. The van der Waals surface area contributed by atoms with Gasteiger partial charge >= 0.3 is 6.03 Å². The number of urea groups is 1. The summed E-state index contributed by atoms with van der Waals surface area (Å²) in [6.07, 6.45) is 1.51. The van der Waals surface area contributed by atoms with Crippen molar-refractivity contribution >= 4 is 29.2 Å². The smallest absolute Gasteiger partial charge is 0.321 e. The van der Waals surface area contributed by atoms with Crippen LogP contribution in [-0.4, -0.2) is 37.0 Å². The van der Waals surface area contributed by atoms with Gasteiger partial charge in [-0.1, -0.05) is 11.6 Å². The van der Waals surface area contributed by atoms with Gasteiger partial charge in [0.1, 0.15) is 5.82 Å². The number of amides is 3. The first-order valence-electron chi connectivity index (χ1n) is 6.74. The fraction of sp³-hybridized carbons (Fsp3) is 0.429. The van der Waals surface area contributed by atoms with Crippen molar-refractivity contribution in [2.75, 3.05) is 25.5 Å². The van der Waals surface area contributed by atoms with Gasteiger partial charge in [0.15, 0.2) is 0 Å². The van der Waals surface area contributed by atoms with Gasteiger partial charge < -0.3 is 15.5 Å². The Kier molecular flexibility index (Phi) is 5.01. The van der Waals surface area contributed by atoms with Crippen molar-refractivity contribution in [1.82, 2.24) is 10.2 Å². The van der Waals surface area contributed by atoms with Crippen molar-refractivity contribution in [2.45, 2.75) is 12.8 Å². The molecular weight excluding hydrogens is 297 g/mol. The molecule has 5 nitrogen and oxygen atoms in total. The SMILES string of the molecule is CNC(=O)C1CCCN(C(=O)Nc2cc(F)ccc2Cl)C1. The monoisotopic (exact) mass is 313 g/mol. The first-order chi connectivity index (χ1) is 10.0. The molecular formula is C14H17ClFN3O2. The second-order valence-corrected chi connectivity index (χ2v) is 5.36. The van der Waals surface area contributed by atoms with E-state index in [2.05, 4.69) is 10.6 Å². The fourth-order valence-electron chi connectivity index (χ4n) is 2.37. The molecule has 1 atom stereocenters. The number of carbonyl (C=O) groups is 2. The second-order valence-electron chi connectivity index (χ2n) is 4.95. The minimum Gasteiger partial charge on any atom is -0.359 e. The van der Waals surface area contributed by atoms with Gasteiger partial charge in [-0.2, -0.15) is 0 Å². The number of carbonyl (C=O) groups excluding carboxylic acids is 2. The molecule has 1 aliphatic heterocycles. The molecule has 1 aromatic carbocycles. The Hall–Kier alpha value is -1.82. The summed E-state index contributed by atoms with van der Waals surface area (Å²) in [6, 6.07) is 3.40. The number of hydrogen-bond donors (Lipinski definition) is 2. The van der Waals surface area contributed by atoms with E-state index in [0.717, 1.165) is 12.8 Å². The number of halogens is 2. The Balaban J connectivity index is 2.02. The van der Waals surface area contributed by atoms with Crippen LogP contribution in [0.1, 0.15) is 12.8 Å². The third-order valence-corrected chi connectivity index (χ3v) is 3.83. The minimum atomic E-state index is -0.475. The largest absolute Gasteiger partial charge is 0.359 e. The third kappa shape index (κ3) is 3.85. The van der Waals surface area contributed by atoms with Crippen LogP contribution in [0.3, 0.4) is 0 Å². The molecule has 0 aliphatic carbocycles. The van der Waals surface area contributed by atoms with E-state index < -0.39 is 5.82 Å². The van der Waals surface area contributed by atoms with Gasteiger partial charge in [0, 0.05) is 20.1 Å². The van der Waals surface area contributed by atoms with Gasteiger partial charge in [0.2, 0.25) is 5.91 Å². The number of likely N-dealkylation sites (tertiary alicyclic amines) is 1. The predicted molar refractivity (Wildman–Crippen MR) is 78.8 cm³/mol. The average molecular weight is 314 g/mol. The lowest BCUT2D eigenvalue weighted by molar-refractivity contribution is -0.125. The maximum Gasteiger partial charge on any atom is 0.321 e. The maximum absolute atomic E-state index is 13.2. The Bertz CT molecular complexity index is 553. The summed E-state index contributed by atoms with van der Waals surface area (Å²) in [6.45, 7) is 0.907. The molecule has 3 amide bonds. The summed E-state index contributed by atoms with van der Waals surface area (Å²) in [5.74, 6) is -0.759. The molecule has 114 valence electrons. The van der Waals surface area contributed by atoms with E-state index in [1.54, 1.807) is 11.9 Å². The number of nitrogens with one attached hydrogen (secondary N) is 2. The van der Waals surface area contributed by atoms with E-state index in [9.17, 15) is 14.0 Å². The zero-order valence-corrected chi connectivity index (χ0v) is 12.4. The fourth-order valence-corrected chi connectivity index (χ4v) is 2.53. The van der Waals surface area contributed by atoms with Crippen molar-refractivity contribution < 1.29 is 14.0 Å². The molecule has 1 unspecified atom stereocenters. The van der Waals surface area contributed by atoms with Crippen LogP contribution in [0, 0.1) is 11.7 Å². The number of piperidine rings is 1. The van der Waals surface area contributed by atoms with Gasteiger partial charge in [-0.25, -0.2) is 9.18 Å². The molecule has 7 heteroatoms. The van der Waals surface area contributed by atoms with Crippen molar-refractivity contribution in [1.29, 1.82) is 0 Å². The van der Waals surface area contributed by atoms with E-state index in [1.165, 1.54) is 18.2 Å². The molecule has 1 saturated heterocycles. The molecule has 2 N–H and O–H groups in total. The van der Waals surface area contributed by atoms with Crippen molar-refractivity contribution in [3.63, 3.8) is 0 Å². The van der Waals surface area contributed by atoms with Crippen molar-refractivity contribution in [2.24, 2.45) is 5.92 Å². The topological polar surface area (TPSA) is 61.4 Å². The van der Waals surface area contributed by atoms with Crippen molar-refractivity contribution in [3.8, 4) is 0 Å². The quantitative estimate of drug-likeness (QED) is 0.881. The lowest BCUT2D eigenvalue weighted by Crippen LogP contribution is -2.46. The minimum absolute atomic E-state index is 0.0729. The number of rotatable bonds is 2. The third-order valence-electron chi connectivity index (χ3n) is 3.50. The highest BCUT2D eigenvalue weighted by Gasteiger charge is 2.28. The lowest BCUT2D eigenvalue weighted by Gasteiger charge is -2.31. The molecule has 21 heavy (non-hydrogen) atoms. The molecule has 1 aliphatic rings. The van der Waals surface area contributed by atoms with E-state index in [-0.39, 0.29) is 28.6 Å². The summed E-state index contributed by atoms with van der Waals surface area (Å²) in [5.41, 5.74) is 0.226. The molecule has 2 rings (SSSR count). The van der Waals surface area contributed by atoms with E-state index >= 15 is 0 Å². The Morgan fingerprint density at radius 2 is 2.19 bits per heavy atom. The van der Waals surface area contributed by atoms with Crippen LogP contribution in [-0.2, 0) is 4.79 Å². The maximum atomic E-state index is 13.2. The standard InChI is InChI=1S/C14H17ClFN3O2/c1-17-13(20)9-3-2-6-19(8-9)14(21)18-12-7-10(16)4-5-11(12)15/h4-5,7,9H,2-3,6,8H2,1H3,(H,17,20)(H,18,21). The molecule has 0 radical (unpaired) electrons. The molecule has 0 spiro atoms. The lowest BCUT2D eigenvalue weighted by atomic mass is 9.97. The van der Waals surface area contributed by atoms with Crippen LogP contribution in [0.2, 0.25) is 5.02 Å². The van der Waals surface area contributed by atoms with E-state index in [1.807, 2.05) is 0 Å². The summed E-state index contributed by atoms with van der Waals surface area (Å²) < 4.78 is 13.2. The van der Waals surface area contributed by atoms with E-state index in [0.29, 0.717) is 13.1 Å². The van der Waals surface area contributed by atoms with Gasteiger partial charge in [0.05, 0.1) is 16.6 Å². The summed E-state index contributed by atoms with van der Waals surface area (Å²) in [7, 11) is 1.58. The Labute approximate surface area is 127 Å². The summed E-state index contributed by atoms with van der Waals surface area (Å²) >= 11 is 5.92. The van der Waals surface area contributed by atoms with Gasteiger partial charge in [-0.15, -0.1) is 0 Å². The van der Waals surface area contributed by atoms with Crippen LogP contribution in [0.5, 0.6) is 0 Å². The summed E-state index contributed by atoms with van der Waals surface area (Å²) in [4.78, 5) is 25.4. The number of anilines is 1. The average Bonchev–Trinajstić information content (AvgIpc) is 2.50. The number of nitrogens with zero attached hydrogens (tertiary/aromatic N) is 1. The molecule has 0 bridgehead atoms. The van der Waals surface area contributed by atoms with Crippen molar-refractivity contribution in [3.05, 3.63) is 29.0 Å². The van der Waals surface area contributed by atoms with Crippen LogP contribution in [0.4, 0.5) is 14.9 Å². The van der Waals surface area contributed by atoms with E-state index in [4.69, 9.17) is 11.6 Å². The summed E-state index contributed by atoms with van der Waals surface area (Å²) in [5, 5.41) is 5.44. The van der Waals surface area contributed by atoms with Crippen LogP contribution >= 0.6 is 11.6 Å². The van der Waals surface area contributed by atoms with Gasteiger partial charge in [-0.05, 0) is 31.0 Å². The van der Waals surface area contributed by atoms with Gasteiger partial charge in [0.25, 0.3) is 0 Å². The highest BCUT2D eigenvalue weighted by Crippen LogP contribution is 2.24. The molecule has 1 aromatic rings. The molecule has 0 aromatic heterocycles. The first kappa shape index (κ1) is 15.6. The first-order valence-corrected chi connectivity index (χ1v) is 7.11. The normalized spacial score (nSPS) is 18.2. The van der Waals surface area contributed by atoms with Gasteiger partial charge in [-0.3, -0.25) is 4.79 Å². The Morgan fingerprint density at radius 3 is 2.90 bits per heavy atom. The second kappa shape index (κ2) is 6.76. The molecule has 1 fully saturated rings. The zero-order chi connectivity index (χ0) is 15.4. The van der Waals surface area contributed by atoms with Crippen LogP contribution in [0.15, 0.2) is 18.2 Å². The van der Waals surface area contributed by atoms with Crippen LogP contribution in [0.25, 0.3) is 0 Å². The highest BCUT2D eigenvalue weighted by atomic mass is 35.5. The highest BCUT2D eigenvalue weighted by molar-refractivity contribution is 6.33. The zero-order valence-electron chi connectivity index (χ0n) is 11.7. The Morgan fingerprint density at radius 1 is 1.43 bits per heavy atom. The molecule has 0 saturated carbocycles. The number of benzene rings is 1. The predicted octanol–water partition coefficient (Wildman–Crippen LogP) is 2.47.